The maximum Gasteiger partial charge on any atom is 0.253 e. The third kappa shape index (κ3) is 4.75. The molecule has 0 aliphatic carbocycles. The van der Waals surface area contributed by atoms with Gasteiger partial charge in [0.25, 0.3) is 5.91 Å². The Morgan fingerprint density at radius 3 is 2.66 bits per heavy atom. The average Bonchev–Trinajstić information content (AvgIpc) is 2.79. The topological polar surface area (TPSA) is 57.3 Å². The van der Waals surface area contributed by atoms with Gasteiger partial charge in [-0.25, -0.2) is 4.98 Å². The van der Waals surface area contributed by atoms with Crippen LogP contribution in [0.4, 0.5) is 5.82 Å². The predicted octanol–water partition coefficient (Wildman–Crippen LogP) is 3.82. The van der Waals surface area contributed by atoms with Crippen LogP contribution in [0.5, 0.6) is 0 Å². The highest BCUT2D eigenvalue weighted by Gasteiger charge is 2.21. The van der Waals surface area contributed by atoms with Crippen molar-refractivity contribution in [1.29, 1.82) is 0 Å². The molecule has 2 heterocycles. The number of hydrogen-bond acceptors (Lipinski definition) is 4. The van der Waals surface area contributed by atoms with E-state index in [0.717, 1.165) is 31.0 Å². The Labute approximate surface area is 175 Å². The fourth-order valence-corrected chi connectivity index (χ4v) is 3.70. The number of amides is 1. The molecule has 1 atom stereocenters. The average molecular weight is 407 g/mol. The highest BCUT2D eigenvalue weighted by molar-refractivity contribution is 6.31. The van der Waals surface area contributed by atoms with Crippen molar-refractivity contribution in [3.8, 4) is 0 Å². The van der Waals surface area contributed by atoms with Gasteiger partial charge in [0.1, 0.15) is 5.82 Å². The number of pyridine rings is 1. The van der Waals surface area contributed by atoms with E-state index in [2.05, 4.69) is 44.8 Å². The van der Waals surface area contributed by atoms with Gasteiger partial charge in [0.2, 0.25) is 0 Å². The quantitative estimate of drug-likeness (QED) is 0.676. The van der Waals surface area contributed by atoms with Crippen LogP contribution < -0.4 is 15.5 Å². The first-order valence-electron chi connectivity index (χ1n) is 9.71. The number of nitrogens with one attached hydrogen (secondary N) is 2. The number of carbonyl (C=O) groups is 1. The SMILES string of the molecule is O=C(NCc1ccccc1Cl)c1ccc(N2CCNC(c3ccccc3)C2)nc1. The Bertz CT molecular complexity index is 962. The summed E-state index contributed by atoms with van der Waals surface area (Å²) >= 11 is 6.14. The van der Waals surface area contributed by atoms with Gasteiger partial charge in [0, 0.05) is 43.4 Å². The normalized spacial score (nSPS) is 16.4. The highest BCUT2D eigenvalue weighted by atomic mass is 35.5. The molecule has 1 aliphatic rings. The number of anilines is 1. The summed E-state index contributed by atoms with van der Waals surface area (Å²) in [4.78, 5) is 19.2. The number of nitrogens with zero attached hydrogens (tertiary/aromatic N) is 2. The molecule has 4 rings (SSSR count). The number of carbonyl (C=O) groups excluding carboxylic acids is 1. The molecule has 1 unspecified atom stereocenters. The zero-order valence-corrected chi connectivity index (χ0v) is 16.8. The van der Waals surface area contributed by atoms with E-state index in [1.165, 1.54) is 5.56 Å². The first-order chi connectivity index (χ1) is 14.2. The van der Waals surface area contributed by atoms with Crippen LogP contribution in [0, 0.1) is 0 Å². The van der Waals surface area contributed by atoms with E-state index < -0.39 is 0 Å². The van der Waals surface area contributed by atoms with Crippen molar-refractivity contribution < 1.29 is 4.79 Å². The molecule has 29 heavy (non-hydrogen) atoms. The van der Waals surface area contributed by atoms with Crippen LogP contribution in [0.3, 0.4) is 0 Å². The van der Waals surface area contributed by atoms with Gasteiger partial charge in [-0.1, -0.05) is 60.1 Å². The summed E-state index contributed by atoms with van der Waals surface area (Å²) < 4.78 is 0. The standard InChI is InChI=1S/C23H23ClN4O/c24-20-9-5-4-8-18(20)14-27-23(29)19-10-11-22(26-15-19)28-13-12-25-21(16-28)17-6-2-1-3-7-17/h1-11,15,21,25H,12-14,16H2,(H,27,29). The Kier molecular flexibility index (Phi) is 6.08. The van der Waals surface area contributed by atoms with Crippen molar-refractivity contribution in [3.63, 3.8) is 0 Å². The lowest BCUT2D eigenvalue weighted by molar-refractivity contribution is 0.0950. The lowest BCUT2D eigenvalue weighted by Crippen LogP contribution is -2.46. The maximum atomic E-state index is 12.4. The molecule has 1 aliphatic heterocycles. The molecule has 0 bridgehead atoms. The molecule has 5 nitrogen and oxygen atoms in total. The monoisotopic (exact) mass is 406 g/mol. The van der Waals surface area contributed by atoms with Crippen LogP contribution in [-0.2, 0) is 6.54 Å². The minimum Gasteiger partial charge on any atom is -0.353 e. The van der Waals surface area contributed by atoms with Crippen LogP contribution in [0.2, 0.25) is 5.02 Å². The van der Waals surface area contributed by atoms with Crippen LogP contribution in [0.15, 0.2) is 72.9 Å². The number of rotatable bonds is 5. The minimum absolute atomic E-state index is 0.161. The van der Waals surface area contributed by atoms with Crippen LogP contribution in [0.25, 0.3) is 0 Å². The lowest BCUT2D eigenvalue weighted by Gasteiger charge is -2.34. The summed E-state index contributed by atoms with van der Waals surface area (Å²) in [6.45, 7) is 3.00. The molecular weight excluding hydrogens is 384 g/mol. The smallest absolute Gasteiger partial charge is 0.253 e. The Hall–Kier alpha value is -2.89. The van der Waals surface area contributed by atoms with Crippen molar-refractivity contribution in [1.82, 2.24) is 15.6 Å². The summed E-state index contributed by atoms with van der Waals surface area (Å²) in [6, 6.07) is 21.9. The predicted molar refractivity (Wildman–Crippen MR) is 116 cm³/mol. The molecular formula is C23H23ClN4O. The second-order valence-electron chi connectivity index (χ2n) is 7.04. The molecule has 6 heteroatoms. The summed E-state index contributed by atoms with van der Waals surface area (Å²) in [5, 5.41) is 7.10. The first-order valence-corrected chi connectivity index (χ1v) is 10.1. The maximum absolute atomic E-state index is 12.4. The van der Waals surface area contributed by atoms with Crippen LogP contribution in [0.1, 0.15) is 27.5 Å². The van der Waals surface area contributed by atoms with Gasteiger partial charge in [0.05, 0.1) is 5.56 Å². The van der Waals surface area contributed by atoms with E-state index in [1.807, 2.05) is 42.5 Å². The number of benzene rings is 2. The van der Waals surface area contributed by atoms with Crippen LogP contribution >= 0.6 is 11.6 Å². The molecule has 2 aromatic carbocycles. The fourth-order valence-electron chi connectivity index (χ4n) is 3.49. The molecule has 1 fully saturated rings. The van der Waals surface area contributed by atoms with Gasteiger partial charge >= 0.3 is 0 Å². The first kappa shape index (κ1) is 19.4. The van der Waals surface area contributed by atoms with Crippen molar-refractivity contribution in [3.05, 3.63) is 94.6 Å². The van der Waals surface area contributed by atoms with Crippen molar-refractivity contribution in [2.45, 2.75) is 12.6 Å². The number of aromatic nitrogens is 1. The van der Waals surface area contributed by atoms with Gasteiger partial charge in [-0.3, -0.25) is 4.79 Å². The van der Waals surface area contributed by atoms with Crippen molar-refractivity contribution in [2.24, 2.45) is 0 Å². The molecule has 0 spiro atoms. The highest BCUT2D eigenvalue weighted by Crippen LogP contribution is 2.21. The van der Waals surface area contributed by atoms with Crippen LogP contribution in [-0.4, -0.2) is 30.5 Å². The summed E-state index contributed by atoms with van der Waals surface area (Å²) in [5.41, 5.74) is 2.70. The third-order valence-electron chi connectivity index (χ3n) is 5.11. The third-order valence-corrected chi connectivity index (χ3v) is 5.48. The Morgan fingerprint density at radius 2 is 1.90 bits per heavy atom. The second-order valence-corrected chi connectivity index (χ2v) is 7.45. The van der Waals surface area contributed by atoms with Gasteiger partial charge in [0.15, 0.2) is 0 Å². The number of piperazine rings is 1. The van der Waals surface area contributed by atoms with Crippen molar-refractivity contribution in [2.75, 3.05) is 24.5 Å². The Balaban J connectivity index is 1.38. The number of hydrogen-bond donors (Lipinski definition) is 2. The van der Waals surface area contributed by atoms with Crippen molar-refractivity contribution >= 4 is 23.3 Å². The van der Waals surface area contributed by atoms with Gasteiger partial charge in [-0.2, -0.15) is 0 Å². The van der Waals surface area contributed by atoms with E-state index in [0.29, 0.717) is 17.1 Å². The van der Waals surface area contributed by atoms with E-state index in [4.69, 9.17) is 11.6 Å². The molecule has 1 saturated heterocycles. The largest absolute Gasteiger partial charge is 0.353 e. The zero-order valence-electron chi connectivity index (χ0n) is 16.0. The molecule has 1 aromatic heterocycles. The van der Waals surface area contributed by atoms with E-state index >= 15 is 0 Å². The van der Waals surface area contributed by atoms with E-state index in [9.17, 15) is 4.79 Å². The van der Waals surface area contributed by atoms with Gasteiger partial charge in [-0.05, 0) is 29.3 Å². The zero-order chi connectivity index (χ0) is 20.1. The molecule has 0 radical (unpaired) electrons. The molecule has 2 N–H and O–H groups in total. The molecule has 0 saturated carbocycles. The fraction of sp³-hybridized carbons (Fsp3) is 0.217. The summed E-state index contributed by atoms with van der Waals surface area (Å²) in [6.07, 6.45) is 1.64. The molecule has 3 aromatic rings. The minimum atomic E-state index is -0.161. The van der Waals surface area contributed by atoms with E-state index in [1.54, 1.807) is 6.20 Å². The molecule has 1 amide bonds. The molecule has 148 valence electrons. The van der Waals surface area contributed by atoms with E-state index in [-0.39, 0.29) is 11.9 Å². The lowest BCUT2D eigenvalue weighted by atomic mass is 10.0. The van der Waals surface area contributed by atoms with Gasteiger partial charge < -0.3 is 15.5 Å². The van der Waals surface area contributed by atoms with Gasteiger partial charge in [-0.15, -0.1) is 0 Å². The summed E-state index contributed by atoms with van der Waals surface area (Å²) in [7, 11) is 0. The second kappa shape index (κ2) is 9.07. The Morgan fingerprint density at radius 1 is 1.10 bits per heavy atom. The number of halogens is 1. The summed E-state index contributed by atoms with van der Waals surface area (Å²) in [5.74, 6) is 0.724.